The minimum Gasteiger partial charge on any atom is -0.495 e. The predicted octanol–water partition coefficient (Wildman–Crippen LogP) is 4.27. The molecule has 0 aliphatic rings. The molecule has 3 aromatic carbocycles. The Hall–Kier alpha value is -3.85. The predicted molar refractivity (Wildman–Crippen MR) is 130 cm³/mol. The molecule has 0 aliphatic carbocycles. The van der Waals surface area contributed by atoms with Crippen molar-refractivity contribution in [1.29, 1.82) is 0 Å². The first-order chi connectivity index (χ1) is 15.8. The topological polar surface area (TPSA) is 109 Å². The summed E-state index contributed by atoms with van der Waals surface area (Å²) in [5.41, 5.74) is 8.11. The van der Waals surface area contributed by atoms with Crippen LogP contribution in [0.25, 0.3) is 12.2 Å². The molecule has 0 saturated heterocycles. The lowest BCUT2D eigenvalue weighted by Gasteiger charge is -2.13. The highest BCUT2D eigenvalue weighted by molar-refractivity contribution is 7.92. The maximum atomic E-state index is 12.8. The molecular weight excluding hydrogens is 444 g/mol. The van der Waals surface area contributed by atoms with E-state index in [1.54, 1.807) is 39.5 Å². The van der Waals surface area contributed by atoms with Gasteiger partial charge < -0.3 is 24.7 Å². The van der Waals surface area contributed by atoms with Crippen molar-refractivity contribution in [1.82, 2.24) is 0 Å². The zero-order valence-electron chi connectivity index (χ0n) is 18.8. The first-order valence-corrected chi connectivity index (χ1v) is 11.3. The average Bonchev–Trinajstić information content (AvgIpc) is 2.81. The van der Waals surface area contributed by atoms with Crippen molar-refractivity contribution in [2.24, 2.45) is 0 Å². The number of nitrogens with two attached hydrogens (primary N) is 1. The van der Waals surface area contributed by atoms with Gasteiger partial charge in [0.15, 0.2) is 11.5 Å². The number of rotatable bonds is 9. The Morgan fingerprint density at radius 3 is 1.97 bits per heavy atom. The van der Waals surface area contributed by atoms with E-state index in [0.29, 0.717) is 28.7 Å². The molecule has 9 heteroatoms. The zero-order chi connectivity index (χ0) is 24.0. The molecule has 0 fully saturated rings. The molecule has 0 spiro atoms. The number of nitrogens with one attached hydrogen (secondary N) is 1. The Labute approximate surface area is 193 Å². The van der Waals surface area contributed by atoms with Gasteiger partial charge in [0.25, 0.3) is 10.0 Å². The molecular formula is C24H26N2O6S. The van der Waals surface area contributed by atoms with Crippen LogP contribution in [-0.2, 0) is 10.0 Å². The highest BCUT2D eigenvalue weighted by Gasteiger charge is 2.16. The quantitative estimate of drug-likeness (QED) is 0.355. The summed E-state index contributed by atoms with van der Waals surface area (Å²) in [4.78, 5) is 0.0409. The molecule has 0 bridgehead atoms. The minimum atomic E-state index is -3.83. The van der Waals surface area contributed by atoms with Gasteiger partial charge in [-0.05, 0) is 53.6 Å². The van der Waals surface area contributed by atoms with Gasteiger partial charge in [-0.15, -0.1) is 0 Å². The van der Waals surface area contributed by atoms with Gasteiger partial charge in [0.2, 0.25) is 5.75 Å². The smallest absolute Gasteiger partial charge is 0.261 e. The summed E-state index contributed by atoms with van der Waals surface area (Å²) in [5, 5.41) is 0. The van der Waals surface area contributed by atoms with E-state index < -0.39 is 10.0 Å². The van der Waals surface area contributed by atoms with Crippen LogP contribution in [0.1, 0.15) is 11.1 Å². The number of anilines is 2. The first kappa shape index (κ1) is 23.8. The number of hydrogen-bond donors (Lipinski definition) is 2. The van der Waals surface area contributed by atoms with Crippen molar-refractivity contribution in [2.45, 2.75) is 4.90 Å². The van der Waals surface area contributed by atoms with Crippen molar-refractivity contribution < 1.29 is 27.4 Å². The van der Waals surface area contributed by atoms with Crippen LogP contribution in [0.15, 0.2) is 59.5 Å². The van der Waals surface area contributed by atoms with Gasteiger partial charge in [0, 0.05) is 5.69 Å². The molecule has 3 aromatic rings. The van der Waals surface area contributed by atoms with Gasteiger partial charge in [-0.3, -0.25) is 4.72 Å². The number of methoxy groups -OCH3 is 4. The first-order valence-electron chi connectivity index (χ1n) is 9.85. The van der Waals surface area contributed by atoms with E-state index in [1.165, 1.54) is 25.3 Å². The summed E-state index contributed by atoms with van der Waals surface area (Å²) >= 11 is 0. The second-order valence-corrected chi connectivity index (χ2v) is 8.61. The Balaban J connectivity index is 1.84. The SMILES string of the molecule is COc1ccc(S(=O)(=O)Nc2cccc(/C=C\c3cc(OC)c(OC)c(OC)c3)c2)cc1N. The third-order valence-electron chi connectivity index (χ3n) is 4.81. The van der Waals surface area contributed by atoms with Gasteiger partial charge in [-0.2, -0.15) is 0 Å². The summed E-state index contributed by atoms with van der Waals surface area (Å²) in [7, 11) is 2.29. The summed E-state index contributed by atoms with van der Waals surface area (Å²) in [6, 6.07) is 14.9. The van der Waals surface area contributed by atoms with Crippen molar-refractivity contribution >= 4 is 33.6 Å². The fraction of sp³-hybridized carbons (Fsp3) is 0.167. The second kappa shape index (κ2) is 10.2. The average molecular weight is 471 g/mol. The number of sulfonamides is 1. The van der Waals surface area contributed by atoms with Crippen LogP contribution in [0.3, 0.4) is 0 Å². The Kier molecular flexibility index (Phi) is 7.34. The highest BCUT2D eigenvalue weighted by Crippen LogP contribution is 2.38. The molecule has 3 N–H and O–H groups in total. The van der Waals surface area contributed by atoms with Gasteiger partial charge in [-0.25, -0.2) is 8.42 Å². The van der Waals surface area contributed by atoms with Crippen LogP contribution in [0, 0.1) is 0 Å². The van der Waals surface area contributed by atoms with E-state index in [2.05, 4.69) is 4.72 Å². The van der Waals surface area contributed by atoms with Crippen molar-refractivity contribution in [2.75, 3.05) is 38.9 Å². The number of benzene rings is 3. The molecule has 0 aromatic heterocycles. The van der Waals surface area contributed by atoms with Crippen LogP contribution < -0.4 is 29.4 Å². The maximum absolute atomic E-state index is 12.8. The molecule has 0 atom stereocenters. The van der Waals surface area contributed by atoms with Gasteiger partial charge in [0.05, 0.1) is 39.0 Å². The van der Waals surface area contributed by atoms with Crippen LogP contribution in [0.2, 0.25) is 0 Å². The maximum Gasteiger partial charge on any atom is 0.261 e. The molecule has 0 heterocycles. The van der Waals surface area contributed by atoms with Gasteiger partial charge in [0.1, 0.15) is 5.75 Å². The van der Waals surface area contributed by atoms with E-state index in [9.17, 15) is 8.42 Å². The summed E-state index contributed by atoms with van der Waals surface area (Å²) in [6.07, 6.45) is 3.71. The molecule has 8 nitrogen and oxygen atoms in total. The lowest BCUT2D eigenvalue weighted by molar-refractivity contribution is 0.324. The van der Waals surface area contributed by atoms with Crippen LogP contribution in [0.4, 0.5) is 11.4 Å². The fourth-order valence-corrected chi connectivity index (χ4v) is 4.27. The third-order valence-corrected chi connectivity index (χ3v) is 6.18. The monoisotopic (exact) mass is 470 g/mol. The van der Waals surface area contributed by atoms with Crippen molar-refractivity contribution in [3.63, 3.8) is 0 Å². The minimum absolute atomic E-state index is 0.0409. The fourth-order valence-electron chi connectivity index (χ4n) is 3.19. The third kappa shape index (κ3) is 5.50. The molecule has 0 unspecified atom stereocenters. The largest absolute Gasteiger partial charge is 0.495 e. The van der Waals surface area contributed by atoms with Crippen LogP contribution in [-0.4, -0.2) is 36.9 Å². The molecule has 0 radical (unpaired) electrons. The second-order valence-electron chi connectivity index (χ2n) is 6.93. The molecule has 33 heavy (non-hydrogen) atoms. The van der Waals surface area contributed by atoms with E-state index in [1.807, 2.05) is 30.4 Å². The van der Waals surface area contributed by atoms with E-state index in [-0.39, 0.29) is 10.6 Å². The van der Waals surface area contributed by atoms with E-state index in [4.69, 9.17) is 24.7 Å². The van der Waals surface area contributed by atoms with Gasteiger partial charge in [-0.1, -0.05) is 24.3 Å². The van der Waals surface area contributed by atoms with Gasteiger partial charge >= 0.3 is 0 Å². The number of hydrogen-bond acceptors (Lipinski definition) is 7. The lowest BCUT2D eigenvalue weighted by Crippen LogP contribution is -2.13. The van der Waals surface area contributed by atoms with E-state index >= 15 is 0 Å². The molecule has 0 amide bonds. The highest BCUT2D eigenvalue weighted by atomic mass is 32.2. The Morgan fingerprint density at radius 2 is 1.39 bits per heavy atom. The molecule has 0 saturated carbocycles. The van der Waals surface area contributed by atoms with Crippen molar-refractivity contribution in [3.05, 3.63) is 65.7 Å². The summed E-state index contributed by atoms with van der Waals surface area (Å²) in [6.45, 7) is 0. The lowest BCUT2D eigenvalue weighted by atomic mass is 10.1. The Bertz CT molecular complexity index is 1250. The molecule has 0 aliphatic heterocycles. The summed E-state index contributed by atoms with van der Waals surface area (Å²) in [5.74, 6) is 1.99. The number of nitrogen functional groups attached to an aromatic ring is 1. The van der Waals surface area contributed by atoms with Crippen LogP contribution in [0.5, 0.6) is 23.0 Å². The van der Waals surface area contributed by atoms with Crippen molar-refractivity contribution in [3.8, 4) is 23.0 Å². The Morgan fingerprint density at radius 1 is 0.758 bits per heavy atom. The molecule has 174 valence electrons. The zero-order valence-corrected chi connectivity index (χ0v) is 19.6. The van der Waals surface area contributed by atoms with Crippen LogP contribution >= 0.6 is 0 Å². The summed E-state index contributed by atoms with van der Waals surface area (Å²) < 4.78 is 49.3. The standard InChI is InChI=1S/C24H26N2O6S/c1-29-21-11-10-19(15-20(21)25)33(27,28)26-18-7-5-6-16(12-18)8-9-17-13-22(30-2)24(32-4)23(14-17)31-3/h5-15,26H,25H2,1-4H3/b9-8-. The normalized spacial score (nSPS) is 11.3. The molecule has 3 rings (SSSR count). The number of ether oxygens (including phenoxy) is 4. The van der Waals surface area contributed by atoms with E-state index in [0.717, 1.165) is 11.1 Å².